The molecule has 5 heteroatoms. The Kier molecular flexibility index (Phi) is 3.70. The van der Waals surface area contributed by atoms with E-state index >= 15 is 0 Å². The molecule has 4 N–H and O–H groups in total. The van der Waals surface area contributed by atoms with Crippen LogP contribution < -0.4 is 15.8 Å². The molecule has 0 bridgehead atoms. The van der Waals surface area contributed by atoms with E-state index in [1.807, 2.05) is 48.5 Å². The lowest BCUT2D eigenvalue weighted by Gasteiger charge is -2.07. The number of benzene rings is 2. The van der Waals surface area contributed by atoms with Crippen LogP contribution in [0.2, 0.25) is 0 Å². The van der Waals surface area contributed by atoms with Crippen LogP contribution in [0.15, 0.2) is 48.5 Å². The van der Waals surface area contributed by atoms with Gasteiger partial charge in [0.1, 0.15) is 18.1 Å². The fraction of sp³-hybridized carbons (Fsp3) is 0.118. The lowest BCUT2D eigenvalue weighted by atomic mass is 10.2. The molecule has 22 heavy (non-hydrogen) atoms. The lowest BCUT2D eigenvalue weighted by molar-refractivity contribution is 0.0959. The molecule has 2 aromatic carbocycles. The topological polar surface area (TPSA) is 80.1 Å². The molecule has 3 aromatic rings. The van der Waals surface area contributed by atoms with Gasteiger partial charge >= 0.3 is 0 Å². The minimum absolute atomic E-state index is 0.140. The summed E-state index contributed by atoms with van der Waals surface area (Å²) in [5.74, 6) is 0.607. The zero-order chi connectivity index (χ0) is 15.5. The van der Waals surface area contributed by atoms with E-state index in [1.54, 1.807) is 7.05 Å². The van der Waals surface area contributed by atoms with Crippen molar-refractivity contribution in [3.05, 3.63) is 59.8 Å². The standard InChI is InChI=1S/C17H17N3O2/c1-19-17(21)16-9-12-8-14(5-6-15(12)20-16)22-10-11-3-2-4-13(18)7-11/h2-9,20H,10,18H2,1H3,(H,19,21). The zero-order valence-corrected chi connectivity index (χ0v) is 12.2. The predicted octanol–water partition coefficient (Wildman–Crippen LogP) is 2.69. The summed E-state index contributed by atoms with van der Waals surface area (Å²) >= 11 is 0. The molecule has 0 spiro atoms. The molecule has 0 atom stereocenters. The number of carbonyl (C=O) groups excluding carboxylic acids is 1. The van der Waals surface area contributed by atoms with E-state index in [9.17, 15) is 4.79 Å². The first-order valence-electron chi connectivity index (χ1n) is 6.98. The van der Waals surface area contributed by atoms with E-state index in [1.165, 1.54) is 0 Å². The van der Waals surface area contributed by atoms with Gasteiger partial charge in [-0.3, -0.25) is 4.79 Å². The van der Waals surface area contributed by atoms with Crippen LogP contribution in [0.1, 0.15) is 16.1 Å². The normalized spacial score (nSPS) is 10.6. The maximum Gasteiger partial charge on any atom is 0.267 e. The van der Waals surface area contributed by atoms with Crippen molar-refractivity contribution >= 4 is 22.5 Å². The van der Waals surface area contributed by atoms with E-state index in [2.05, 4.69) is 10.3 Å². The van der Waals surface area contributed by atoms with Gasteiger partial charge in [0.15, 0.2) is 0 Å². The van der Waals surface area contributed by atoms with Gasteiger partial charge < -0.3 is 20.8 Å². The van der Waals surface area contributed by atoms with Crippen LogP contribution in [0.25, 0.3) is 10.9 Å². The molecule has 1 aromatic heterocycles. The molecule has 0 aliphatic carbocycles. The molecule has 0 saturated carbocycles. The van der Waals surface area contributed by atoms with Gasteiger partial charge in [-0.25, -0.2) is 0 Å². The average Bonchev–Trinajstić information content (AvgIpc) is 2.95. The Morgan fingerprint density at radius 3 is 2.86 bits per heavy atom. The minimum Gasteiger partial charge on any atom is -0.489 e. The Balaban J connectivity index is 1.78. The number of amides is 1. The first-order chi connectivity index (χ1) is 10.7. The molecule has 5 nitrogen and oxygen atoms in total. The zero-order valence-electron chi connectivity index (χ0n) is 12.2. The van der Waals surface area contributed by atoms with Crippen molar-refractivity contribution in [1.29, 1.82) is 0 Å². The van der Waals surface area contributed by atoms with Crippen LogP contribution in [0, 0.1) is 0 Å². The number of anilines is 1. The van der Waals surface area contributed by atoms with Crippen LogP contribution in [0.4, 0.5) is 5.69 Å². The van der Waals surface area contributed by atoms with Gasteiger partial charge in [0.05, 0.1) is 0 Å². The third kappa shape index (κ3) is 2.88. The number of hydrogen-bond acceptors (Lipinski definition) is 3. The molecule has 0 fully saturated rings. The number of nitrogens with one attached hydrogen (secondary N) is 2. The summed E-state index contributed by atoms with van der Waals surface area (Å²) in [4.78, 5) is 14.7. The second kappa shape index (κ2) is 5.81. The summed E-state index contributed by atoms with van der Waals surface area (Å²) in [5, 5.41) is 3.53. The van der Waals surface area contributed by atoms with Gasteiger partial charge in [-0.1, -0.05) is 12.1 Å². The van der Waals surface area contributed by atoms with Crippen LogP contribution in [-0.4, -0.2) is 17.9 Å². The van der Waals surface area contributed by atoms with E-state index in [0.717, 1.165) is 27.9 Å². The SMILES string of the molecule is CNC(=O)c1cc2cc(OCc3cccc(N)c3)ccc2[nH]1. The van der Waals surface area contributed by atoms with E-state index in [4.69, 9.17) is 10.5 Å². The van der Waals surface area contributed by atoms with Gasteiger partial charge in [-0.2, -0.15) is 0 Å². The predicted molar refractivity (Wildman–Crippen MR) is 86.9 cm³/mol. The quantitative estimate of drug-likeness (QED) is 0.647. The van der Waals surface area contributed by atoms with Crippen molar-refractivity contribution in [1.82, 2.24) is 10.3 Å². The number of ether oxygens (including phenoxy) is 1. The molecule has 1 heterocycles. The van der Waals surface area contributed by atoms with Crippen LogP contribution in [0.5, 0.6) is 5.75 Å². The monoisotopic (exact) mass is 295 g/mol. The molecule has 0 unspecified atom stereocenters. The Morgan fingerprint density at radius 2 is 2.09 bits per heavy atom. The van der Waals surface area contributed by atoms with E-state index in [-0.39, 0.29) is 5.91 Å². The summed E-state index contributed by atoms with van der Waals surface area (Å²) in [6, 6.07) is 15.1. The molecule has 0 aliphatic heterocycles. The van der Waals surface area contributed by atoms with Crippen molar-refractivity contribution in [2.75, 3.05) is 12.8 Å². The Bertz CT molecular complexity index is 824. The Labute approximate surface area is 128 Å². The molecule has 0 aliphatic rings. The van der Waals surface area contributed by atoms with Crippen molar-refractivity contribution in [3.63, 3.8) is 0 Å². The number of aromatic nitrogens is 1. The molecule has 0 saturated heterocycles. The van der Waals surface area contributed by atoms with Crippen LogP contribution in [0.3, 0.4) is 0 Å². The number of nitrogens with two attached hydrogens (primary N) is 1. The van der Waals surface area contributed by atoms with Crippen LogP contribution >= 0.6 is 0 Å². The summed E-state index contributed by atoms with van der Waals surface area (Å²) in [7, 11) is 1.61. The van der Waals surface area contributed by atoms with Crippen LogP contribution in [-0.2, 0) is 6.61 Å². The Morgan fingerprint density at radius 1 is 1.23 bits per heavy atom. The maximum atomic E-state index is 11.6. The number of carbonyl (C=O) groups is 1. The highest BCUT2D eigenvalue weighted by molar-refractivity contribution is 5.98. The van der Waals surface area contributed by atoms with Gasteiger partial charge in [0, 0.05) is 23.6 Å². The fourth-order valence-corrected chi connectivity index (χ4v) is 2.31. The number of hydrogen-bond donors (Lipinski definition) is 3. The second-order valence-corrected chi connectivity index (χ2v) is 5.04. The molecule has 112 valence electrons. The van der Waals surface area contributed by atoms with Gasteiger partial charge in [0.25, 0.3) is 5.91 Å². The Hall–Kier alpha value is -2.95. The number of nitrogen functional groups attached to an aromatic ring is 1. The molecular weight excluding hydrogens is 278 g/mol. The van der Waals surface area contributed by atoms with E-state index < -0.39 is 0 Å². The average molecular weight is 295 g/mol. The van der Waals surface area contributed by atoms with Gasteiger partial charge in [-0.15, -0.1) is 0 Å². The van der Waals surface area contributed by atoms with Crippen molar-refractivity contribution in [3.8, 4) is 5.75 Å². The molecule has 1 amide bonds. The largest absolute Gasteiger partial charge is 0.489 e. The fourth-order valence-electron chi connectivity index (χ4n) is 2.31. The van der Waals surface area contributed by atoms with Crippen molar-refractivity contribution in [2.24, 2.45) is 0 Å². The third-order valence-electron chi connectivity index (χ3n) is 3.42. The van der Waals surface area contributed by atoms with Gasteiger partial charge in [-0.05, 0) is 42.0 Å². The molecular formula is C17H17N3O2. The number of rotatable bonds is 4. The highest BCUT2D eigenvalue weighted by Gasteiger charge is 2.08. The summed E-state index contributed by atoms with van der Waals surface area (Å²) in [6.45, 7) is 0.448. The molecule has 3 rings (SSSR count). The summed E-state index contributed by atoms with van der Waals surface area (Å²) < 4.78 is 5.78. The smallest absolute Gasteiger partial charge is 0.267 e. The first kappa shape index (κ1) is 14.0. The number of fused-ring (bicyclic) bond motifs is 1. The second-order valence-electron chi connectivity index (χ2n) is 5.04. The number of aromatic amines is 1. The number of H-pyrrole nitrogens is 1. The lowest BCUT2D eigenvalue weighted by Crippen LogP contribution is -2.17. The summed E-state index contributed by atoms with van der Waals surface area (Å²) in [6.07, 6.45) is 0. The van der Waals surface area contributed by atoms with Crippen molar-refractivity contribution < 1.29 is 9.53 Å². The minimum atomic E-state index is -0.140. The highest BCUT2D eigenvalue weighted by atomic mass is 16.5. The highest BCUT2D eigenvalue weighted by Crippen LogP contribution is 2.22. The first-order valence-corrected chi connectivity index (χ1v) is 6.98. The summed E-state index contributed by atoms with van der Waals surface area (Å²) in [5.41, 5.74) is 8.91. The van der Waals surface area contributed by atoms with E-state index in [0.29, 0.717) is 12.3 Å². The molecule has 0 radical (unpaired) electrons. The maximum absolute atomic E-state index is 11.6. The van der Waals surface area contributed by atoms with Crippen molar-refractivity contribution in [2.45, 2.75) is 6.61 Å². The van der Waals surface area contributed by atoms with Gasteiger partial charge in [0.2, 0.25) is 0 Å². The third-order valence-corrected chi connectivity index (χ3v) is 3.42.